The van der Waals surface area contributed by atoms with Crippen molar-refractivity contribution in [2.75, 3.05) is 26.2 Å². The molecule has 1 saturated heterocycles. The summed E-state index contributed by atoms with van der Waals surface area (Å²) >= 11 is 0. The van der Waals surface area contributed by atoms with Crippen molar-refractivity contribution in [2.45, 2.75) is 26.3 Å². The van der Waals surface area contributed by atoms with Gasteiger partial charge in [-0.15, -0.1) is 0 Å². The fraction of sp³-hybridized carbons (Fsp3) is 0.333. The molecule has 2 amide bonds. The van der Waals surface area contributed by atoms with E-state index >= 15 is 0 Å². The Balaban J connectivity index is 1.59. The summed E-state index contributed by atoms with van der Waals surface area (Å²) in [7, 11) is -3.56. The number of benzene rings is 2. The maximum atomic E-state index is 12.9. The van der Waals surface area contributed by atoms with Crippen LogP contribution in [-0.2, 0) is 19.6 Å². The highest BCUT2D eigenvalue weighted by Crippen LogP contribution is 2.20. The minimum absolute atomic E-state index is 0.110. The first-order valence-electron chi connectivity index (χ1n) is 10.6. The second-order valence-electron chi connectivity index (χ2n) is 7.91. The smallest absolute Gasteiger partial charge is 0.236 e. The Morgan fingerprint density at radius 3 is 2.22 bits per heavy atom. The number of carbonyl (C=O) groups is 2. The van der Waals surface area contributed by atoms with Gasteiger partial charge in [0, 0.05) is 38.5 Å². The molecule has 170 valence electrons. The summed E-state index contributed by atoms with van der Waals surface area (Å²) < 4.78 is 26.7. The van der Waals surface area contributed by atoms with E-state index in [0.29, 0.717) is 13.1 Å². The molecule has 32 heavy (non-hydrogen) atoms. The maximum absolute atomic E-state index is 12.9. The van der Waals surface area contributed by atoms with Gasteiger partial charge < -0.3 is 10.2 Å². The van der Waals surface area contributed by atoms with E-state index in [2.05, 4.69) is 5.32 Å². The SMILES string of the molecule is CC(=O)NC(CC(=O)N1CCN(S(=O)(=O)/C=C/c2ccccc2)CC1)c1ccc(C)cc1. The lowest BCUT2D eigenvalue weighted by atomic mass is 10.0. The molecule has 0 saturated carbocycles. The number of hydrogen-bond donors (Lipinski definition) is 1. The monoisotopic (exact) mass is 455 g/mol. The van der Waals surface area contributed by atoms with Crippen LogP contribution in [0.5, 0.6) is 0 Å². The molecule has 1 unspecified atom stereocenters. The van der Waals surface area contributed by atoms with E-state index in [-0.39, 0.29) is 31.3 Å². The number of nitrogens with zero attached hydrogens (tertiary/aromatic N) is 2. The number of sulfonamides is 1. The van der Waals surface area contributed by atoms with Gasteiger partial charge in [0.25, 0.3) is 0 Å². The molecule has 0 aliphatic carbocycles. The molecule has 1 atom stereocenters. The van der Waals surface area contributed by atoms with E-state index in [1.54, 1.807) is 11.0 Å². The van der Waals surface area contributed by atoms with Crippen molar-refractivity contribution in [3.8, 4) is 0 Å². The van der Waals surface area contributed by atoms with Crippen molar-refractivity contribution in [1.29, 1.82) is 0 Å². The van der Waals surface area contributed by atoms with Crippen LogP contribution in [-0.4, -0.2) is 55.6 Å². The van der Waals surface area contributed by atoms with Gasteiger partial charge in [-0.1, -0.05) is 60.2 Å². The first-order chi connectivity index (χ1) is 15.2. The average molecular weight is 456 g/mol. The quantitative estimate of drug-likeness (QED) is 0.696. The Morgan fingerprint density at radius 2 is 1.62 bits per heavy atom. The lowest BCUT2D eigenvalue weighted by Gasteiger charge is -2.34. The van der Waals surface area contributed by atoms with Crippen LogP contribution in [0.25, 0.3) is 6.08 Å². The van der Waals surface area contributed by atoms with E-state index in [4.69, 9.17) is 0 Å². The molecule has 1 aliphatic heterocycles. The second kappa shape index (κ2) is 10.6. The number of piperazine rings is 1. The largest absolute Gasteiger partial charge is 0.349 e. The third-order valence-corrected chi connectivity index (χ3v) is 6.98. The minimum Gasteiger partial charge on any atom is -0.349 e. The number of rotatable bonds is 7. The minimum atomic E-state index is -3.56. The highest BCUT2D eigenvalue weighted by atomic mass is 32.2. The van der Waals surface area contributed by atoms with Gasteiger partial charge in [0.05, 0.1) is 12.5 Å². The van der Waals surface area contributed by atoms with Gasteiger partial charge in [0.1, 0.15) is 0 Å². The van der Waals surface area contributed by atoms with Gasteiger partial charge in [-0.25, -0.2) is 8.42 Å². The standard InChI is InChI=1S/C24H29N3O4S/c1-19-8-10-22(11-9-19)23(25-20(2)28)18-24(29)26-13-15-27(16-14-26)32(30,31)17-12-21-6-4-3-5-7-21/h3-12,17,23H,13-16,18H2,1-2H3,(H,25,28)/b17-12+. The average Bonchev–Trinajstić information content (AvgIpc) is 2.78. The van der Waals surface area contributed by atoms with Crippen molar-refractivity contribution in [2.24, 2.45) is 0 Å². The summed E-state index contributed by atoms with van der Waals surface area (Å²) in [4.78, 5) is 26.2. The molecular weight excluding hydrogens is 426 g/mol. The van der Waals surface area contributed by atoms with E-state index in [9.17, 15) is 18.0 Å². The van der Waals surface area contributed by atoms with Gasteiger partial charge in [-0.05, 0) is 24.1 Å². The van der Waals surface area contributed by atoms with Gasteiger partial charge >= 0.3 is 0 Å². The van der Waals surface area contributed by atoms with Crippen LogP contribution in [0.2, 0.25) is 0 Å². The molecule has 8 heteroatoms. The predicted octanol–water partition coefficient (Wildman–Crippen LogP) is 2.71. The first-order valence-corrected chi connectivity index (χ1v) is 12.1. The molecule has 2 aromatic rings. The second-order valence-corrected chi connectivity index (χ2v) is 9.72. The number of aryl methyl sites for hydroxylation is 1. The zero-order valence-electron chi connectivity index (χ0n) is 18.4. The summed E-state index contributed by atoms with van der Waals surface area (Å²) in [6.07, 6.45) is 1.70. The topological polar surface area (TPSA) is 86.8 Å². The fourth-order valence-corrected chi connectivity index (χ4v) is 4.78. The molecule has 0 spiro atoms. The lowest BCUT2D eigenvalue weighted by Crippen LogP contribution is -2.50. The Bertz CT molecular complexity index is 1060. The van der Waals surface area contributed by atoms with Crippen LogP contribution in [0.15, 0.2) is 60.0 Å². The van der Waals surface area contributed by atoms with Crippen molar-refractivity contribution in [3.05, 3.63) is 76.7 Å². The predicted molar refractivity (Wildman–Crippen MR) is 125 cm³/mol. The fourth-order valence-electron chi connectivity index (χ4n) is 3.61. The van der Waals surface area contributed by atoms with Crippen LogP contribution in [0, 0.1) is 6.92 Å². The summed E-state index contributed by atoms with van der Waals surface area (Å²) in [5.41, 5.74) is 2.77. The van der Waals surface area contributed by atoms with E-state index in [0.717, 1.165) is 16.7 Å². The van der Waals surface area contributed by atoms with Crippen LogP contribution in [0.4, 0.5) is 0 Å². The number of carbonyl (C=O) groups excluding carboxylic acids is 2. The van der Waals surface area contributed by atoms with E-state index < -0.39 is 16.1 Å². The Morgan fingerprint density at radius 1 is 1.00 bits per heavy atom. The van der Waals surface area contributed by atoms with Gasteiger partial charge in [0.2, 0.25) is 21.8 Å². The molecule has 1 fully saturated rings. The number of nitrogens with one attached hydrogen (secondary N) is 1. The van der Waals surface area contributed by atoms with Crippen LogP contribution >= 0.6 is 0 Å². The first kappa shape index (κ1) is 23.7. The van der Waals surface area contributed by atoms with Gasteiger partial charge in [0.15, 0.2) is 0 Å². The van der Waals surface area contributed by atoms with Crippen molar-refractivity contribution in [3.63, 3.8) is 0 Å². The van der Waals surface area contributed by atoms with Gasteiger partial charge in [-0.3, -0.25) is 9.59 Å². The normalized spacial score (nSPS) is 16.1. The van der Waals surface area contributed by atoms with E-state index in [1.807, 2.05) is 61.5 Å². The molecule has 0 aromatic heterocycles. The lowest BCUT2D eigenvalue weighted by molar-refractivity contribution is -0.133. The Labute approximate surface area is 189 Å². The van der Waals surface area contributed by atoms with E-state index in [1.165, 1.54) is 16.6 Å². The van der Waals surface area contributed by atoms with Crippen LogP contribution in [0.1, 0.15) is 36.1 Å². The third-order valence-electron chi connectivity index (χ3n) is 5.42. The summed E-state index contributed by atoms with van der Waals surface area (Å²) in [6.45, 7) is 4.52. The summed E-state index contributed by atoms with van der Waals surface area (Å²) in [6, 6.07) is 16.5. The zero-order valence-corrected chi connectivity index (χ0v) is 19.2. The van der Waals surface area contributed by atoms with Crippen LogP contribution < -0.4 is 5.32 Å². The molecule has 1 heterocycles. The number of amides is 2. The molecule has 0 radical (unpaired) electrons. The molecule has 3 rings (SSSR count). The third kappa shape index (κ3) is 6.51. The Hall–Kier alpha value is -2.97. The van der Waals surface area contributed by atoms with Crippen molar-refractivity contribution in [1.82, 2.24) is 14.5 Å². The van der Waals surface area contributed by atoms with Crippen molar-refractivity contribution >= 4 is 27.9 Å². The van der Waals surface area contributed by atoms with Crippen molar-refractivity contribution < 1.29 is 18.0 Å². The molecule has 1 aliphatic rings. The zero-order chi connectivity index (χ0) is 23.1. The maximum Gasteiger partial charge on any atom is 0.236 e. The summed E-state index contributed by atoms with van der Waals surface area (Å²) in [5, 5.41) is 4.06. The Kier molecular flexibility index (Phi) is 7.82. The molecule has 0 bridgehead atoms. The summed E-state index contributed by atoms with van der Waals surface area (Å²) in [5.74, 6) is -0.314. The van der Waals surface area contributed by atoms with Gasteiger partial charge in [-0.2, -0.15) is 4.31 Å². The molecular formula is C24H29N3O4S. The molecule has 2 aromatic carbocycles. The highest BCUT2D eigenvalue weighted by molar-refractivity contribution is 7.92. The highest BCUT2D eigenvalue weighted by Gasteiger charge is 2.29. The molecule has 1 N–H and O–H groups in total. The van der Waals surface area contributed by atoms with Crippen LogP contribution in [0.3, 0.4) is 0 Å². The molecule has 7 nitrogen and oxygen atoms in total. The number of hydrogen-bond acceptors (Lipinski definition) is 4.